The first kappa shape index (κ1) is 11.5. The summed E-state index contributed by atoms with van der Waals surface area (Å²) in [6.07, 6.45) is 3.58. The summed E-state index contributed by atoms with van der Waals surface area (Å²) in [6.45, 7) is 4.41. The molecule has 1 N–H and O–H groups in total. The first-order chi connectivity index (χ1) is 8.25. The molecule has 0 bridgehead atoms. The van der Waals surface area contributed by atoms with Crippen LogP contribution in [0, 0.1) is 0 Å². The number of aromatic amines is 1. The molecule has 17 heavy (non-hydrogen) atoms. The number of hydrogen-bond donors (Lipinski definition) is 1. The third kappa shape index (κ3) is 3.24. The van der Waals surface area contributed by atoms with Gasteiger partial charge in [-0.15, -0.1) is 0 Å². The molecule has 0 spiro atoms. The van der Waals surface area contributed by atoms with Crippen LogP contribution in [0.15, 0.2) is 36.8 Å². The third-order valence-electron chi connectivity index (χ3n) is 2.14. The normalized spacial score (nSPS) is 10.5. The van der Waals surface area contributed by atoms with E-state index in [4.69, 9.17) is 9.47 Å². The molecule has 0 saturated carbocycles. The van der Waals surface area contributed by atoms with Gasteiger partial charge in [0.15, 0.2) is 11.5 Å². The number of rotatable bonds is 5. The van der Waals surface area contributed by atoms with E-state index in [-0.39, 0.29) is 6.10 Å². The predicted molar refractivity (Wildman–Crippen MR) is 65.1 cm³/mol. The zero-order valence-corrected chi connectivity index (χ0v) is 10.0. The predicted octanol–water partition coefficient (Wildman–Crippen LogP) is 2.78. The molecule has 0 aliphatic rings. The zero-order valence-electron chi connectivity index (χ0n) is 10.0. The maximum Gasteiger partial charge on any atom is 0.161 e. The summed E-state index contributed by atoms with van der Waals surface area (Å²) < 4.78 is 11.3. The maximum absolute atomic E-state index is 5.67. The summed E-state index contributed by atoms with van der Waals surface area (Å²) in [6, 6.07) is 7.65. The summed E-state index contributed by atoms with van der Waals surface area (Å²) in [5.41, 5.74) is 0.865. The minimum Gasteiger partial charge on any atom is -0.487 e. The van der Waals surface area contributed by atoms with Crippen molar-refractivity contribution in [2.24, 2.45) is 0 Å². The van der Waals surface area contributed by atoms with Crippen molar-refractivity contribution < 1.29 is 9.47 Å². The van der Waals surface area contributed by atoms with Crippen LogP contribution in [-0.4, -0.2) is 16.1 Å². The van der Waals surface area contributed by atoms with Crippen molar-refractivity contribution in [2.45, 2.75) is 26.6 Å². The smallest absolute Gasteiger partial charge is 0.161 e. The van der Waals surface area contributed by atoms with E-state index in [1.807, 2.05) is 44.3 Å². The lowest BCUT2D eigenvalue weighted by Crippen LogP contribution is -2.07. The van der Waals surface area contributed by atoms with Crippen LogP contribution in [0.5, 0.6) is 11.5 Å². The Morgan fingerprint density at radius 1 is 1.24 bits per heavy atom. The number of H-pyrrole nitrogens is 1. The molecule has 0 aliphatic carbocycles. The molecular formula is C13H16N2O2. The van der Waals surface area contributed by atoms with E-state index in [1.54, 1.807) is 6.33 Å². The van der Waals surface area contributed by atoms with Crippen LogP contribution in [0.1, 0.15) is 19.5 Å². The van der Waals surface area contributed by atoms with Gasteiger partial charge in [-0.25, -0.2) is 4.98 Å². The van der Waals surface area contributed by atoms with Crippen molar-refractivity contribution >= 4 is 0 Å². The Balaban J connectivity index is 2.04. The van der Waals surface area contributed by atoms with Crippen molar-refractivity contribution in [3.05, 3.63) is 42.5 Å². The Kier molecular flexibility index (Phi) is 3.65. The van der Waals surface area contributed by atoms with Gasteiger partial charge in [-0.3, -0.25) is 0 Å². The van der Waals surface area contributed by atoms with Gasteiger partial charge in [0.1, 0.15) is 6.61 Å². The standard InChI is InChI=1S/C13H16N2O2/c1-10(2)17-13-6-4-3-5-12(13)16-8-11-7-14-9-15-11/h3-7,9-10H,8H2,1-2H3,(H,14,15). The fraction of sp³-hybridized carbons (Fsp3) is 0.308. The molecule has 90 valence electrons. The van der Waals surface area contributed by atoms with E-state index in [0.717, 1.165) is 17.2 Å². The van der Waals surface area contributed by atoms with Gasteiger partial charge in [0.25, 0.3) is 0 Å². The van der Waals surface area contributed by atoms with E-state index in [2.05, 4.69) is 9.97 Å². The van der Waals surface area contributed by atoms with Gasteiger partial charge >= 0.3 is 0 Å². The van der Waals surface area contributed by atoms with Crippen molar-refractivity contribution in [1.29, 1.82) is 0 Å². The molecule has 1 aromatic heterocycles. The van der Waals surface area contributed by atoms with Crippen LogP contribution < -0.4 is 9.47 Å². The Bertz CT molecular complexity index is 452. The summed E-state index contributed by atoms with van der Waals surface area (Å²) in [7, 11) is 0. The second kappa shape index (κ2) is 5.39. The van der Waals surface area contributed by atoms with Gasteiger partial charge in [0, 0.05) is 6.20 Å². The highest BCUT2D eigenvalue weighted by atomic mass is 16.5. The fourth-order valence-corrected chi connectivity index (χ4v) is 1.44. The molecule has 0 saturated heterocycles. The number of benzene rings is 1. The molecule has 0 radical (unpaired) electrons. The summed E-state index contributed by atoms with van der Waals surface area (Å²) in [4.78, 5) is 6.99. The average molecular weight is 232 g/mol. The second-order valence-corrected chi connectivity index (χ2v) is 3.96. The number of nitrogens with one attached hydrogen (secondary N) is 1. The van der Waals surface area contributed by atoms with Gasteiger partial charge in [-0.05, 0) is 26.0 Å². The fourth-order valence-electron chi connectivity index (χ4n) is 1.44. The van der Waals surface area contributed by atoms with Gasteiger partial charge in [0.2, 0.25) is 0 Å². The Labute approximate surface area is 101 Å². The molecule has 0 amide bonds. The summed E-state index contributed by atoms with van der Waals surface area (Å²) >= 11 is 0. The Morgan fingerprint density at radius 2 is 2.00 bits per heavy atom. The topological polar surface area (TPSA) is 47.1 Å². The lowest BCUT2D eigenvalue weighted by Gasteiger charge is -2.14. The van der Waals surface area contributed by atoms with E-state index >= 15 is 0 Å². The Hall–Kier alpha value is -1.97. The molecule has 0 fully saturated rings. The van der Waals surface area contributed by atoms with Crippen LogP contribution in [-0.2, 0) is 6.61 Å². The monoisotopic (exact) mass is 232 g/mol. The van der Waals surface area contributed by atoms with Gasteiger partial charge in [0.05, 0.1) is 18.1 Å². The molecular weight excluding hydrogens is 216 g/mol. The molecule has 0 atom stereocenters. The molecule has 4 heteroatoms. The number of imidazole rings is 1. The van der Waals surface area contributed by atoms with Crippen molar-refractivity contribution in [3.63, 3.8) is 0 Å². The molecule has 1 aromatic carbocycles. The first-order valence-electron chi connectivity index (χ1n) is 5.62. The number of nitrogens with zero attached hydrogens (tertiary/aromatic N) is 1. The lowest BCUT2D eigenvalue weighted by molar-refractivity contribution is 0.217. The minimum atomic E-state index is 0.130. The largest absolute Gasteiger partial charge is 0.487 e. The second-order valence-electron chi connectivity index (χ2n) is 3.96. The van der Waals surface area contributed by atoms with Gasteiger partial charge in [-0.1, -0.05) is 12.1 Å². The minimum absolute atomic E-state index is 0.130. The van der Waals surface area contributed by atoms with E-state index in [1.165, 1.54) is 0 Å². The molecule has 1 heterocycles. The third-order valence-corrected chi connectivity index (χ3v) is 2.14. The number of ether oxygens (including phenoxy) is 2. The van der Waals surface area contributed by atoms with Gasteiger partial charge < -0.3 is 14.5 Å². The Morgan fingerprint density at radius 3 is 2.65 bits per heavy atom. The number of aromatic nitrogens is 2. The highest BCUT2D eigenvalue weighted by Gasteiger charge is 2.06. The summed E-state index contributed by atoms with van der Waals surface area (Å²) in [5, 5.41) is 0. The highest BCUT2D eigenvalue weighted by molar-refractivity contribution is 5.39. The van der Waals surface area contributed by atoms with E-state index < -0.39 is 0 Å². The molecule has 0 unspecified atom stereocenters. The average Bonchev–Trinajstić information content (AvgIpc) is 2.80. The van der Waals surface area contributed by atoms with Crippen LogP contribution >= 0.6 is 0 Å². The van der Waals surface area contributed by atoms with Crippen LogP contribution in [0.3, 0.4) is 0 Å². The maximum atomic E-state index is 5.67. The zero-order chi connectivity index (χ0) is 12.1. The van der Waals surface area contributed by atoms with Crippen molar-refractivity contribution in [3.8, 4) is 11.5 Å². The van der Waals surface area contributed by atoms with E-state index in [0.29, 0.717) is 6.61 Å². The summed E-state index contributed by atoms with van der Waals surface area (Å²) in [5.74, 6) is 1.50. The van der Waals surface area contributed by atoms with E-state index in [9.17, 15) is 0 Å². The number of para-hydroxylation sites is 2. The van der Waals surface area contributed by atoms with Crippen molar-refractivity contribution in [1.82, 2.24) is 9.97 Å². The van der Waals surface area contributed by atoms with Crippen LogP contribution in [0.25, 0.3) is 0 Å². The number of hydrogen-bond acceptors (Lipinski definition) is 3. The molecule has 4 nitrogen and oxygen atoms in total. The van der Waals surface area contributed by atoms with Crippen LogP contribution in [0.2, 0.25) is 0 Å². The highest BCUT2D eigenvalue weighted by Crippen LogP contribution is 2.27. The lowest BCUT2D eigenvalue weighted by atomic mass is 10.3. The SMILES string of the molecule is CC(C)Oc1ccccc1OCc1c[nH]cn1. The van der Waals surface area contributed by atoms with Crippen LogP contribution in [0.4, 0.5) is 0 Å². The molecule has 2 aromatic rings. The quantitative estimate of drug-likeness (QED) is 0.862. The first-order valence-corrected chi connectivity index (χ1v) is 5.62. The van der Waals surface area contributed by atoms with Gasteiger partial charge in [-0.2, -0.15) is 0 Å². The molecule has 2 rings (SSSR count). The van der Waals surface area contributed by atoms with Crippen molar-refractivity contribution in [2.75, 3.05) is 0 Å². The molecule has 0 aliphatic heterocycles.